The van der Waals surface area contributed by atoms with Crippen LogP contribution in [-0.4, -0.2) is 35.1 Å². The van der Waals surface area contributed by atoms with Crippen molar-refractivity contribution in [3.05, 3.63) is 89.2 Å². The molecule has 1 aliphatic heterocycles. The van der Waals surface area contributed by atoms with Crippen LogP contribution in [0.4, 0.5) is 10.1 Å². The fourth-order valence-electron chi connectivity index (χ4n) is 4.02. The van der Waals surface area contributed by atoms with E-state index >= 15 is 0 Å². The second-order valence-electron chi connectivity index (χ2n) is 7.76. The molecule has 1 amide bonds. The second-order valence-corrected chi connectivity index (χ2v) is 7.76. The van der Waals surface area contributed by atoms with E-state index in [-0.39, 0.29) is 16.9 Å². The number of rotatable bonds is 7. The normalized spacial score (nSPS) is 17.0. The van der Waals surface area contributed by atoms with Crippen LogP contribution >= 0.6 is 0 Å². The summed E-state index contributed by atoms with van der Waals surface area (Å²) in [5.74, 6) is -1.78. The third-order valence-electron chi connectivity index (χ3n) is 5.58. The number of phenols is 1. The number of hydrogen-bond donors (Lipinski definition) is 2. The van der Waals surface area contributed by atoms with Crippen LogP contribution in [0.2, 0.25) is 0 Å². The van der Waals surface area contributed by atoms with Crippen molar-refractivity contribution < 1.29 is 33.7 Å². The van der Waals surface area contributed by atoms with Gasteiger partial charge in [-0.2, -0.15) is 0 Å². The molecule has 3 aromatic rings. The van der Waals surface area contributed by atoms with E-state index in [2.05, 4.69) is 0 Å². The third kappa shape index (κ3) is 4.55. The largest absolute Gasteiger partial charge is 0.508 e. The molecule has 7 nitrogen and oxygen atoms in total. The highest BCUT2D eigenvalue weighted by Gasteiger charge is 2.47. The predicted molar refractivity (Wildman–Crippen MR) is 128 cm³/mol. The molecule has 0 spiro atoms. The van der Waals surface area contributed by atoms with E-state index in [0.717, 1.165) is 12.1 Å². The average molecular weight is 477 g/mol. The molecule has 0 radical (unpaired) electrons. The fraction of sp³-hybridized carbons (Fsp3) is 0.185. The quantitative estimate of drug-likeness (QED) is 0.284. The van der Waals surface area contributed by atoms with Crippen LogP contribution in [0, 0.1) is 5.82 Å². The van der Waals surface area contributed by atoms with E-state index in [1.54, 1.807) is 30.3 Å². The molecule has 35 heavy (non-hydrogen) atoms. The van der Waals surface area contributed by atoms with E-state index in [9.17, 15) is 24.2 Å². The number of carbonyl (C=O) groups excluding carboxylic acids is 2. The SMILES string of the molecule is CCOc1ccc(N2C(=O)C(=O)/C(=C(/O)c3ccc(F)cc3)C2c2ccc(O)cc2)cc1OCC. The highest BCUT2D eigenvalue weighted by Crippen LogP contribution is 2.44. The molecule has 1 unspecified atom stereocenters. The van der Waals surface area contributed by atoms with E-state index in [4.69, 9.17) is 9.47 Å². The van der Waals surface area contributed by atoms with E-state index in [0.29, 0.717) is 36.0 Å². The van der Waals surface area contributed by atoms with Gasteiger partial charge in [-0.3, -0.25) is 14.5 Å². The zero-order valence-corrected chi connectivity index (χ0v) is 19.2. The Balaban J connectivity index is 1.91. The minimum Gasteiger partial charge on any atom is -0.508 e. The number of aliphatic hydroxyl groups is 1. The Hall–Kier alpha value is -4.33. The van der Waals surface area contributed by atoms with Crippen LogP contribution in [-0.2, 0) is 9.59 Å². The molecule has 1 saturated heterocycles. The summed E-state index contributed by atoms with van der Waals surface area (Å²) in [6, 6.07) is 14.8. The molecule has 0 aliphatic carbocycles. The number of aliphatic hydroxyl groups excluding tert-OH is 1. The maximum Gasteiger partial charge on any atom is 0.300 e. The molecule has 1 fully saturated rings. The summed E-state index contributed by atoms with van der Waals surface area (Å²) in [7, 11) is 0. The van der Waals surface area contributed by atoms with Crippen molar-refractivity contribution >= 4 is 23.1 Å². The molecule has 1 aliphatic rings. The van der Waals surface area contributed by atoms with Crippen LogP contribution in [0.1, 0.15) is 31.0 Å². The van der Waals surface area contributed by atoms with Crippen LogP contribution in [0.3, 0.4) is 0 Å². The summed E-state index contributed by atoms with van der Waals surface area (Å²) in [6.07, 6.45) is 0. The van der Waals surface area contributed by atoms with Gasteiger partial charge in [-0.15, -0.1) is 0 Å². The van der Waals surface area contributed by atoms with Gasteiger partial charge in [-0.05, 0) is 67.9 Å². The minimum absolute atomic E-state index is 0.00364. The molecule has 4 rings (SSSR count). The first-order valence-corrected chi connectivity index (χ1v) is 11.1. The van der Waals surface area contributed by atoms with Gasteiger partial charge in [0.05, 0.1) is 24.8 Å². The van der Waals surface area contributed by atoms with Gasteiger partial charge in [0.2, 0.25) is 0 Å². The number of ketones is 1. The molecular formula is C27H24FNO6. The lowest BCUT2D eigenvalue weighted by molar-refractivity contribution is -0.132. The molecule has 0 aromatic heterocycles. The first kappa shape index (κ1) is 23.8. The van der Waals surface area contributed by atoms with Crippen molar-refractivity contribution in [2.45, 2.75) is 19.9 Å². The van der Waals surface area contributed by atoms with Crippen LogP contribution < -0.4 is 14.4 Å². The van der Waals surface area contributed by atoms with Gasteiger partial charge in [-0.1, -0.05) is 12.1 Å². The molecule has 0 saturated carbocycles. The Morgan fingerprint density at radius 3 is 2.17 bits per heavy atom. The van der Waals surface area contributed by atoms with Gasteiger partial charge in [0.15, 0.2) is 11.5 Å². The Kier molecular flexibility index (Phi) is 6.73. The lowest BCUT2D eigenvalue weighted by Gasteiger charge is -2.26. The second kappa shape index (κ2) is 9.89. The highest BCUT2D eigenvalue weighted by molar-refractivity contribution is 6.51. The number of benzene rings is 3. The number of aromatic hydroxyl groups is 1. The zero-order chi connectivity index (χ0) is 25.1. The molecule has 3 aromatic carbocycles. The number of phenolic OH excluding ortho intramolecular Hbond substituents is 1. The smallest absolute Gasteiger partial charge is 0.300 e. The summed E-state index contributed by atoms with van der Waals surface area (Å²) in [4.78, 5) is 27.8. The molecule has 1 atom stereocenters. The van der Waals surface area contributed by atoms with E-state index in [1.165, 1.54) is 29.2 Å². The number of halogens is 1. The number of amides is 1. The monoisotopic (exact) mass is 477 g/mol. The molecule has 8 heteroatoms. The summed E-state index contributed by atoms with van der Waals surface area (Å²) < 4.78 is 24.7. The fourth-order valence-corrected chi connectivity index (χ4v) is 4.02. The number of ether oxygens (including phenoxy) is 2. The van der Waals surface area contributed by atoms with Gasteiger partial charge in [-0.25, -0.2) is 4.39 Å². The number of anilines is 1. The number of nitrogens with zero attached hydrogens (tertiary/aromatic N) is 1. The Morgan fingerprint density at radius 1 is 0.914 bits per heavy atom. The summed E-state index contributed by atoms with van der Waals surface area (Å²) in [6.45, 7) is 4.42. The minimum atomic E-state index is -1.01. The van der Waals surface area contributed by atoms with Crippen LogP contribution in [0.15, 0.2) is 72.3 Å². The summed E-state index contributed by atoms with van der Waals surface area (Å²) in [5, 5.41) is 20.8. The van der Waals surface area contributed by atoms with Gasteiger partial charge >= 0.3 is 0 Å². The van der Waals surface area contributed by atoms with Crippen LogP contribution in [0.5, 0.6) is 17.2 Å². The van der Waals surface area contributed by atoms with Crippen molar-refractivity contribution in [3.8, 4) is 17.2 Å². The lowest BCUT2D eigenvalue weighted by Crippen LogP contribution is -2.29. The maximum absolute atomic E-state index is 13.4. The number of hydrogen-bond acceptors (Lipinski definition) is 6. The molecule has 180 valence electrons. The third-order valence-corrected chi connectivity index (χ3v) is 5.58. The van der Waals surface area contributed by atoms with Gasteiger partial charge < -0.3 is 19.7 Å². The van der Waals surface area contributed by atoms with E-state index < -0.39 is 29.3 Å². The lowest BCUT2D eigenvalue weighted by atomic mass is 9.95. The maximum atomic E-state index is 13.4. The van der Waals surface area contributed by atoms with Crippen molar-refractivity contribution in [1.82, 2.24) is 0 Å². The van der Waals surface area contributed by atoms with E-state index in [1.807, 2.05) is 13.8 Å². The van der Waals surface area contributed by atoms with Gasteiger partial charge in [0, 0.05) is 17.3 Å². The highest BCUT2D eigenvalue weighted by atomic mass is 19.1. The number of Topliss-reactive ketones (excluding diaryl/α,β-unsaturated/α-hetero) is 1. The Labute approximate surface area is 201 Å². The predicted octanol–water partition coefficient (Wildman–Crippen LogP) is 4.96. The first-order chi connectivity index (χ1) is 16.8. The van der Waals surface area contributed by atoms with Gasteiger partial charge in [0.1, 0.15) is 17.3 Å². The van der Waals surface area contributed by atoms with Crippen molar-refractivity contribution in [2.24, 2.45) is 0 Å². The number of carbonyl (C=O) groups is 2. The van der Waals surface area contributed by atoms with Crippen molar-refractivity contribution in [1.29, 1.82) is 0 Å². The molecule has 0 bridgehead atoms. The standard InChI is InChI=1S/C27H24FNO6/c1-3-34-21-14-11-19(15-22(21)35-4-2)29-24(16-7-12-20(30)13-8-16)23(26(32)27(29)33)25(31)17-5-9-18(28)10-6-17/h5-15,24,30-31H,3-4H2,1-2H3/b25-23+. The first-order valence-electron chi connectivity index (χ1n) is 11.1. The van der Waals surface area contributed by atoms with Crippen molar-refractivity contribution in [3.63, 3.8) is 0 Å². The Bertz CT molecular complexity index is 1280. The van der Waals surface area contributed by atoms with Gasteiger partial charge in [0.25, 0.3) is 11.7 Å². The average Bonchev–Trinajstić information content (AvgIpc) is 3.11. The molecular weight excluding hydrogens is 453 g/mol. The van der Waals surface area contributed by atoms with Crippen molar-refractivity contribution in [2.75, 3.05) is 18.1 Å². The molecule has 1 heterocycles. The Morgan fingerprint density at radius 2 is 1.54 bits per heavy atom. The zero-order valence-electron chi connectivity index (χ0n) is 19.2. The molecule has 2 N–H and O–H groups in total. The summed E-state index contributed by atoms with van der Waals surface area (Å²) >= 11 is 0. The van der Waals surface area contributed by atoms with Crippen LogP contribution in [0.25, 0.3) is 5.76 Å². The summed E-state index contributed by atoms with van der Waals surface area (Å²) in [5.41, 5.74) is 0.877. The topological polar surface area (TPSA) is 96.3 Å².